The lowest BCUT2D eigenvalue weighted by molar-refractivity contribution is 0.0602. The van der Waals surface area contributed by atoms with Gasteiger partial charge in [-0.2, -0.15) is 0 Å². The zero-order valence-electron chi connectivity index (χ0n) is 12.9. The summed E-state index contributed by atoms with van der Waals surface area (Å²) in [5.74, 6) is 0. The van der Waals surface area contributed by atoms with Gasteiger partial charge in [0.15, 0.2) is 0 Å². The van der Waals surface area contributed by atoms with E-state index in [1.54, 1.807) is 0 Å². The maximum Gasteiger partial charge on any atom is 0.0791 e. The van der Waals surface area contributed by atoms with Crippen molar-refractivity contribution < 1.29 is 5.11 Å². The SMILES string of the molecule is CCC1(C)CCN(CC(O)CNC(C)(C)C)CC1. The predicted octanol–water partition coefficient (Wildman–Crippen LogP) is 2.25. The van der Waals surface area contributed by atoms with Crippen molar-refractivity contribution in [2.24, 2.45) is 5.41 Å². The first kappa shape index (κ1) is 15.9. The molecule has 0 aromatic carbocycles. The van der Waals surface area contributed by atoms with Crippen molar-refractivity contribution in [2.45, 2.75) is 65.5 Å². The van der Waals surface area contributed by atoms with Crippen molar-refractivity contribution in [2.75, 3.05) is 26.2 Å². The molecule has 1 heterocycles. The lowest BCUT2D eigenvalue weighted by atomic mass is 9.78. The molecule has 2 N–H and O–H groups in total. The molecule has 0 radical (unpaired) electrons. The van der Waals surface area contributed by atoms with Crippen LogP contribution in [-0.2, 0) is 0 Å². The maximum absolute atomic E-state index is 10.0. The van der Waals surface area contributed by atoms with Gasteiger partial charge in [-0.15, -0.1) is 0 Å². The van der Waals surface area contributed by atoms with E-state index in [9.17, 15) is 5.11 Å². The fourth-order valence-electron chi connectivity index (χ4n) is 2.42. The Kier molecular flexibility index (Phi) is 5.63. The van der Waals surface area contributed by atoms with Crippen molar-refractivity contribution in [3.05, 3.63) is 0 Å². The van der Waals surface area contributed by atoms with Gasteiger partial charge in [0.05, 0.1) is 6.10 Å². The molecule has 1 unspecified atom stereocenters. The van der Waals surface area contributed by atoms with Crippen molar-refractivity contribution >= 4 is 0 Å². The van der Waals surface area contributed by atoms with Crippen LogP contribution < -0.4 is 5.32 Å². The number of β-amino-alcohol motifs (C(OH)–C–C–N with tert-alkyl or cyclic N) is 1. The normalized spacial score (nSPS) is 23.0. The van der Waals surface area contributed by atoms with Crippen molar-refractivity contribution in [1.82, 2.24) is 10.2 Å². The molecule has 108 valence electrons. The first-order valence-corrected chi connectivity index (χ1v) is 7.39. The molecule has 0 bridgehead atoms. The van der Waals surface area contributed by atoms with Gasteiger partial charge in [-0.1, -0.05) is 20.3 Å². The first-order chi connectivity index (χ1) is 8.24. The summed E-state index contributed by atoms with van der Waals surface area (Å²) in [7, 11) is 0. The number of nitrogens with one attached hydrogen (secondary N) is 1. The minimum atomic E-state index is -0.254. The van der Waals surface area contributed by atoms with Gasteiger partial charge >= 0.3 is 0 Å². The van der Waals surface area contributed by atoms with Gasteiger partial charge in [0.25, 0.3) is 0 Å². The third kappa shape index (κ3) is 5.68. The highest BCUT2D eigenvalue weighted by Crippen LogP contribution is 2.33. The summed E-state index contributed by atoms with van der Waals surface area (Å²) >= 11 is 0. The van der Waals surface area contributed by atoms with E-state index < -0.39 is 0 Å². The van der Waals surface area contributed by atoms with Gasteiger partial charge in [-0.25, -0.2) is 0 Å². The molecule has 0 amide bonds. The van der Waals surface area contributed by atoms with Crippen LogP contribution in [0.4, 0.5) is 0 Å². The zero-order chi connectivity index (χ0) is 13.8. The highest BCUT2D eigenvalue weighted by Gasteiger charge is 2.28. The number of hydrogen-bond acceptors (Lipinski definition) is 3. The molecule has 1 aliphatic heterocycles. The minimum absolute atomic E-state index is 0.0870. The van der Waals surface area contributed by atoms with Crippen LogP contribution in [-0.4, -0.2) is 47.8 Å². The second kappa shape index (κ2) is 6.36. The van der Waals surface area contributed by atoms with Crippen LogP contribution in [0.1, 0.15) is 53.9 Å². The molecule has 1 rings (SSSR count). The third-order valence-corrected chi connectivity index (χ3v) is 4.25. The van der Waals surface area contributed by atoms with E-state index in [1.807, 2.05) is 0 Å². The van der Waals surface area contributed by atoms with E-state index in [-0.39, 0.29) is 11.6 Å². The van der Waals surface area contributed by atoms with E-state index in [1.165, 1.54) is 19.3 Å². The summed E-state index contributed by atoms with van der Waals surface area (Å²) in [5.41, 5.74) is 0.620. The molecule has 3 heteroatoms. The average molecular weight is 256 g/mol. The Hall–Kier alpha value is -0.120. The summed E-state index contributed by atoms with van der Waals surface area (Å²) in [6.45, 7) is 14.8. The van der Waals surface area contributed by atoms with Crippen molar-refractivity contribution in [1.29, 1.82) is 0 Å². The molecule has 0 aromatic rings. The van der Waals surface area contributed by atoms with Crippen molar-refractivity contribution in [3.8, 4) is 0 Å². The Bertz CT molecular complexity index is 239. The van der Waals surface area contributed by atoms with Crippen molar-refractivity contribution in [3.63, 3.8) is 0 Å². The number of nitrogens with zero attached hydrogens (tertiary/aromatic N) is 1. The van der Waals surface area contributed by atoms with Gasteiger partial charge in [0, 0.05) is 18.6 Å². The molecule has 1 atom stereocenters. The number of likely N-dealkylation sites (tertiary alicyclic amines) is 1. The number of rotatable bonds is 5. The summed E-state index contributed by atoms with van der Waals surface area (Å²) in [4.78, 5) is 2.41. The monoisotopic (exact) mass is 256 g/mol. The van der Waals surface area contributed by atoms with Crippen LogP contribution in [0.2, 0.25) is 0 Å². The lowest BCUT2D eigenvalue weighted by Crippen LogP contribution is -2.47. The van der Waals surface area contributed by atoms with Crippen LogP contribution in [0.5, 0.6) is 0 Å². The molecule has 1 fully saturated rings. The van der Waals surface area contributed by atoms with Crippen LogP contribution in [0.25, 0.3) is 0 Å². The Morgan fingerprint density at radius 3 is 2.28 bits per heavy atom. The fraction of sp³-hybridized carbons (Fsp3) is 1.00. The molecule has 0 saturated carbocycles. The maximum atomic E-state index is 10.0. The summed E-state index contributed by atoms with van der Waals surface area (Å²) in [6, 6.07) is 0. The zero-order valence-corrected chi connectivity index (χ0v) is 12.9. The van der Waals surface area contributed by atoms with E-state index in [2.05, 4.69) is 44.8 Å². The molecule has 1 aliphatic rings. The minimum Gasteiger partial charge on any atom is -0.390 e. The first-order valence-electron chi connectivity index (χ1n) is 7.39. The van der Waals surface area contributed by atoms with E-state index in [0.717, 1.165) is 19.6 Å². The quantitative estimate of drug-likeness (QED) is 0.792. The highest BCUT2D eigenvalue weighted by atomic mass is 16.3. The molecular weight excluding hydrogens is 224 g/mol. The molecule has 0 aliphatic carbocycles. The third-order valence-electron chi connectivity index (χ3n) is 4.25. The Balaban J connectivity index is 2.24. The Morgan fingerprint density at radius 1 is 1.28 bits per heavy atom. The molecule has 3 nitrogen and oxygen atoms in total. The number of piperidine rings is 1. The van der Waals surface area contributed by atoms with Gasteiger partial charge in [0.2, 0.25) is 0 Å². The Labute approximate surface area is 113 Å². The standard InChI is InChI=1S/C15H32N2O/c1-6-15(5)7-9-17(10-8-15)12-13(18)11-16-14(2,3)4/h13,16,18H,6-12H2,1-5H3. The number of aliphatic hydroxyl groups excluding tert-OH is 1. The van der Waals surface area contributed by atoms with Gasteiger partial charge in [-0.3, -0.25) is 0 Å². The summed E-state index contributed by atoms with van der Waals surface area (Å²) < 4.78 is 0. The smallest absolute Gasteiger partial charge is 0.0791 e. The molecular formula is C15H32N2O. The highest BCUT2D eigenvalue weighted by molar-refractivity contribution is 4.83. The molecule has 0 aromatic heterocycles. The molecule has 18 heavy (non-hydrogen) atoms. The Morgan fingerprint density at radius 2 is 1.83 bits per heavy atom. The van der Waals surface area contributed by atoms with E-state index >= 15 is 0 Å². The van der Waals surface area contributed by atoms with Crippen LogP contribution in [0.15, 0.2) is 0 Å². The predicted molar refractivity (Wildman–Crippen MR) is 77.8 cm³/mol. The van der Waals surface area contributed by atoms with E-state index in [4.69, 9.17) is 0 Å². The largest absolute Gasteiger partial charge is 0.390 e. The topological polar surface area (TPSA) is 35.5 Å². The van der Waals surface area contributed by atoms with E-state index in [0.29, 0.717) is 12.0 Å². The fourth-order valence-corrected chi connectivity index (χ4v) is 2.42. The number of aliphatic hydroxyl groups is 1. The van der Waals surface area contributed by atoms with Crippen LogP contribution >= 0.6 is 0 Å². The summed E-state index contributed by atoms with van der Waals surface area (Å²) in [5, 5.41) is 13.4. The van der Waals surface area contributed by atoms with Gasteiger partial charge in [0.1, 0.15) is 0 Å². The van der Waals surface area contributed by atoms with Crippen LogP contribution in [0, 0.1) is 5.41 Å². The molecule has 1 saturated heterocycles. The average Bonchev–Trinajstić information content (AvgIpc) is 2.29. The summed E-state index contributed by atoms with van der Waals surface area (Å²) in [6.07, 6.45) is 3.55. The lowest BCUT2D eigenvalue weighted by Gasteiger charge is -2.39. The van der Waals surface area contributed by atoms with Gasteiger partial charge < -0.3 is 15.3 Å². The molecule has 0 spiro atoms. The second-order valence-corrected chi connectivity index (χ2v) is 7.25. The van der Waals surface area contributed by atoms with Gasteiger partial charge in [-0.05, 0) is 52.1 Å². The second-order valence-electron chi connectivity index (χ2n) is 7.25. The van der Waals surface area contributed by atoms with Crippen LogP contribution in [0.3, 0.4) is 0 Å². The number of hydrogen-bond donors (Lipinski definition) is 2.